The van der Waals surface area contributed by atoms with Gasteiger partial charge in [0.05, 0.1) is 5.60 Å². The highest BCUT2D eigenvalue weighted by atomic mass is 16.3. The molecule has 2 atom stereocenters. The van der Waals surface area contributed by atoms with Crippen LogP contribution in [0.25, 0.3) is 0 Å². The van der Waals surface area contributed by atoms with Crippen molar-refractivity contribution >= 4 is 0 Å². The van der Waals surface area contributed by atoms with Gasteiger partial charge in [0.2, 0.25) is 0 Å². The Labute approximate surface area is 134 Å². The van der Waals surface area contributed by atoms with Crippen LogP contribution in [0.15, 0.2) is 24.3 Å². The molecule has 1 unspecified atom stereocenters. The molecule has 2 heteroatoms. The van der Waals surface area contributed by atoms with Gasteiger partial charge in [0.15, 0.2) is 0 Å². The maximum absolute atomic E-state index is 11.3. The molecule has 22 heavy (non-hydrogen) atoms. The van der Waals surface area contributed by atoms with E-state index in [0.29, 0.717) is 6.04 Å². The van der Waals surface area contributed by atoms with E-state index in [2.05, 4.69) is 29.2 Å². The fraction of sp³-hybridized carbons (Fsp3) is 0.700. The summed E-state index contributed by atoms with van der Waals surface area (Å²) in [5.74, 6) is 0. The molecule has 2 nitrogen and oxygen atoms in total. The van der Waals surface area contributed by atoms with Gasteiger partial charge in [-0.1, -0.05) is 49.9 Å². The predicted molar refractivity (Wildman–Crippen MR) is 89.7 cm³/mol. The third kappa shape index (κ3) is 2.51. The lowest BCUT2D eigenvalue weighted by atomic mass is 9.76. The highest BCUT2D eigenvalue weighted by Crippen LogP contribution is 2.46. The molecule has 1 N–H and O–H groups in total. The van der Waals surface area contributed by atoms with Crippen LogP contribution in [-0.4, -0.2) is 22.6 Å². The molecule has 2 aliphatic heterocycles. The monoisotopic (exact) mass is 299 g/mol. The van der Waals surface area contributed by atoms with Crippen LogP contribution >= 0.6 is 0 Å². The topological polar surface area (TPSA) is 23.5 Å². The third-order valence-corrected chi connectivity index (χ3v) is 6.35. The first-order valence-corrected chi connectivity index (χ1v) is 9.35. The third-order valence-electron chi connectivity index (χ3n) is 6.35. The molecular formula is C20H29NO. The van der Waals surface area contributed by atoms with Gasteiger partial charge in [-0.2, -0.15) is 0 Å². The van der Waals surface area contributed by atoms with Gasteiger partial charge in [0.1, 0.15) is 0 Å². The van der Waals surface area contributed by atoms with Crippen molar-refractivity contribution < 1.29 is 5.11 Å². The zero-order valence-electron chi connectivity index (χ0n) is 13.6. The lowest BCUT2D eigenvalue weighted by Crippen LogP contribution is -2.37. The lowest BCUT2D eigenvalue weighted by molar-refractivity contribution is -0.00279. The number of nitrogens with zero attached hydrogens (tertiary/aromatic N) is 1. The fourth-order valence-corrected chi connectivity index (χ4v) is 5.21. The summed E-state index contributed by atoms with van der Waals surface area (Å²) in [6, 6.07) is 10.1. The number of hydrogen-bond acceptors (Lipinski definition) is 2. The summed E-state index contributed by atoms with van der Waals surface area (Å²) >= 11 is 0. The van der Waals surface area contributed by atoms with E-state index in [9.17, 15) is 5.11 Å². The van der Waals surface area contributed by atoms with E-state index in [1.807, 2.05) is 0 Å². The molecule has 1 aromatic carbocycles. The highest BCUT2D eigenvalue weighted by Gasteiger charge is 2.40. The first-order chi connectivity index (χ1) is 10.8. The van der Waals surface area contributed by atoms with Crippen molar-refractivity contribution in [1.29, 1.82) is 0 Å². The highest BCUT2D eigenvalue weighted by molar-refractivity contribution is 5.36. The molecule has 1 saturated carbocycles. The van der Waals surface area contributed by atoms with Gasteiger partial charge in [-0.3, -0.25) is 4.90 Å². The van der Waals surface area contributed by atoms with Gasteiger partial charge in [0.25, 0.3) is 0 Å². The molecule has 120 valence electrons. The van der Waals surface area contributed by atoms with E-state index >= 15 is 0 Å². The summed E-state index contributed by atoms with van der Waals surface area (Å²) < 4.78 is 0. The zero-order valence-corrected chi connectivity index (χ0v) is 13.6. The summed E-state index contributed by atoms with van der Waals surface area (Å²) in [4.78, 5) is 2.74. The number of piperidine rings is 1. The Bertz CT molecular complexity index is 520. The van der Waals surface area contributed by atoms with Crippen LogP contribution in [0.2, 0.25) is 0 Å². The van der Waals surface area contributed by atoms with Gasteiger partial charge in [-0.25, -0.2) is 0 Å². The number of benzene rings is 1. The number of fused-ring (bicyclic) bond motifs is 1. The second-order valence-corrected chi connectivity index (χ2v) is 7.66. The first kappa shape index (κ1) is 14.7. The predicted octanol–water partition coefficient (Wildman–Crippen LogP) is 4.53. The molecule has 1 aromatic rings. The van der Waals surface area contributed by atoms with Gasteiger partial charge >= 0.3 is 0 Å². The van der Waals surface area contributed by atoms with Gasteiger partial charge in [-0.05, 0) is 56.2 Å². The Balaban J connectivity index is 1.67. The minimum atomic E-state index is -0.567. The lowest BCUT2D eigenvalue weighted by Gasteiger charge is -2.38. The van der Waals surface area contributed by atoms with Crippen LogP contribution in [0.5, 0.6) is 0 Å². The number of aliphatic hydroxyl groups is 1. The molecule has 0 aromatic heterocycles. The van der Waals surface area contributed by atoms with Gasteiger partial charge in [0, 0.05) is 12.1 Å². The quantitative estimate of drug-likeness (QED) is 0.867. The molecule has 3 aliphatic rings. The van der Waals surface area contributed by atoms with E-state index in [4.69, 9.17) is 0 Å². The largest absolute Gasteiger partial charge is 0.385 e. The molecule has 0 amide bonds. The van der Waals surface area contributed by atoms with Crippen molar-refractivity contribution in [3.8, 4) is 0 Å². The van der Waals surface area contributed by atoms with Crippen LogP contribution in [-0.2, 0) is 5.60 Å². The minimum absolute atomic E-state index is 0.549. The molecule has 2 saturated heterocycles. The first-order valence-electron chi connectivity index (χ1n) is 9.35. The van der Waals surface area contributed by atoms with Crippen LogP contribution in [0.4, 0.5) is 0 Å². The Morgan fingerprint density at radius 1 is 0.909 bits per heavy atom. The minimum Gasteiger partial charge on any atom is -0.385 e. The Kier molecular flexibility index (Phi) is 4.00. The Morgan fingerprint density at radius 2 is 1.73 bits per heavy atom. The normalized spacial score (nSPS) is 31.9. The summed E-state index contributed by atoms with van der Waals surface area (Å²) in [5.41, 5.74) is 2.10. The maximum Gasteiger partial charge on any atom is 0.0899 e. The van der Waals surface area contributed by atoms with Crippen molar-refractivity contribution in [3.63, 3.8) is 0 Å². The summed E-state index contributed by atoms with van der Waals surface area (Å²) in [5, 5.41) is 11.3. The summed E-state index contributed by atoms with van der Waals surface area (Å²) in [6.45, 7) is 1.25. The second-order valence-electron chi connectivity index (χ2n) is 7.66. The molecule has 4 rings (SSSR count). The zero-order chi connectivity index (χ0) is 15.0. The van der Waals surface area contributed by atoms with Crippen molar-refractivity contribution in [3.05, 3.63) is 35.4 Å². The van der Waals surface area contributed by atoms with Crippen molar-refractivity contribution in [2.24, 2.45) is 0 Å². The average molecular weight is 299 g/mol. The second kappa shape index (κ2) is 5.98. The molecule has 0 spiro atoms. The average Bonchev–Trinajstić information content (AvgIpc) is 2.99. The summed E-state index contributed by atoms with van der Waals surface area (Å²) in [7, 11) is 0. The Morgan fingerprint density at radius 3 is 2.59 bits per heavy atom. The van der Waals surface area contributed by atoms with Crippen LogP contribution in [0.3, 0.4) is 0 Å². The molecule has 3 fully saturated rings. The van der Waals surface area contributed by atoms with Crippen LogP contribution in [0, 0.1) is 0 Å². The standard InChI is InChI=1S/C20H29NO/c22-20(13-5-1-6-14-20)18-10-3-2-9-17(18)19-12-11-16-8-4-7-15-21(16)19/h2-3,9-10,16,19,22H,1,4-8,11-15H2/t16?,19-/m1/s1. The maximum atomic E-state index is 11.3. The van der Waals surface area contributed by atoms with Crippen molar-refractivity contribution in [1.82, 2.24) is 4.90 Å². The van der Waals surface area contributed by atoms with E-state index in [1.165, 1.54) is 69.0 Å². The number of hydrogen-bond donors (Lipinski definition) is 1. The van der Waals surface area contributed by atoms with Gasteiger partial charge < -0.3 is 5.11 Å². The fourth-order valence-electron chi connectivity index (χ4n) is 5.21. The summed E-state index contributed by atoms with van der Waals surface area (Å²) in [6.07, 6.45) is 12.3. The molecular weight excluding hydrogens is 270 g/mol. The molecule has 0 radical (unpaired) electrons. The van der Waals surface area contributed by atoms with Gasteiger partial charge in [-0.15, -0.1) is 0 Å². The molecule has 1 aliphatic carbocycles. The van der Waals surface area contributed by atoms with E-state index in [1.54, 1.807) is 0 Å². The van der Waals surface area contributed by atoms with Crippen molar-refractivity contribution in [2.45, 2.75) is 81.9 Å². The van der Waals surface area contributed by atoms with Crippen LogP contribution in [0.1, 0.15) is 81.4 Å². The smallest absolute Gasteiger partial charge is 0.0899 e. The molecule has 2 heterocycles. The van der Waals surface area contributed by atoms with Crippen molar-refractivity contribution in [2.75, 3.05) is 6.54 Å². The van der Waals surface area contributed by atoms with Crippen LogP contribution < -0.4 is 0 Å². The van der Waals surface area contributed by atoms with E-state index in [0.717, 1.165) is 18.9 Å². The Hall–Kier alpha value is -0.860. The van der Waals surface area contributed by atoms with E-state index in [-0.39, 0.29) is 0 Å². The van der Waals surface area contributed by atoms with E-state index < -0.39 is 5.60 Å². The molecule has 0 bridgehead atoms. The SMILES string of the molecule is OC1(c2ccccc2[C@H]2CCC3CCCCN32)CCCCC1. The number of rotatable bonds is 2.